The quantitative estimate of drug-likeness (QED) is 0.208. The summed E-state index contributed by atoms with van der Waals surface area (Å²) >= 11 is 0. The molecule has 0 spiro atoms. The first-order chi connectivity index (χ1) is 18.7. The van der Waals surface area contributed by atoms with E-state index in [0.717, 1.165) is 29.0 Å². The van der Waals surface area contributed by atoms with E-state index in [-0.39, 0.29) is 6.10 Å². The second kappa shape index (κ2) is 12.8. The summed E-state index contributed by atoms with van der Waals surface area (Å²) in [5.41, 5.74) is 0.506. The molecule has 4 nitrogen and oxygen atoms in total. The Balaban J connectivity index is 1.57. The van der Waals surface area contributed by atoms with Crippen LogP contribution >= 0.6 is 7.14 Å². The Morgan fingerprint density at radius 1 is 0.789 bits per heavy atom. The van der Waals surface area contributed by atoms with Crippen molar-refractivity contribution in [2.75, 3.05) is 0 Å². The zero-order chi connectivity index (χ0) is 26.2. The van der Waals surface area contributed by atoms with Gasteiger partial charge < -0.3 is 18.8 Å². The van der Waals surface area contributed by atoms with Crippen molar-refractivity contribution < 1.29 is 18.8 Å². The summed E-state index contributed by atoms with van der Waals surface area (Å²) in [5.74, 6) is 0.798. The minimum atomic E-state index is -3.32. The van der Waals surface area contributed by atoms with Gasteiger partial charge in [-0.3, -0.25) is 0 Å². The Bertz CT molecular complexity index is 1230. The standard InChI is InChI=1S/C33H37O4P/c34-33(30-22-13-23-36-30)32(38(35,28-18-9-3-10-19-28)29-20-11-4-12-21-29)24-31(27-16-7-2-8-17-27)37-25-26-14-5-1-6-15-26/h1,3-6,9-15,18-23,27,31-34H,2,7-8,16-17,24-25H2/t31-,32+,33+/m1/s1. The van der Waals surface area contributed by atoms with Gasteiger partial charge in [-0.15, -0.1) is 0 Å². The highest BCUT2D eigenvalue weighted by Gasteiger charge is 2.45. The first kappa shape index (κ1) is 26.7. The predicted molar refractivity (Wildman–Crippen MR) is 153 cm³/mol. The van der Waals surface area contributed by atoms with Gasteiger partial charge in [0.1, 0.15) is 19.0 Å². The Morgan fingerprint density at radius 3 is 1.92 bits per heavy atom. The molecule has 1 aliphatic rings. The molecular formula is C33H37O4P. The average Bonchev–Trinajstić information content (AvgIpc) is 3.54. The van der Waals surface area contributed by atoms with Crippen LogP contribution in [0.2, 0.25) is 0 Å². The molecule has 1 aromatic heterocycles. The van der Waals surface area contributed by atoms with Crippen molar-refractivity contribution in [3.63, 3.8) is 0 Å². The van der Waals surface area contributed by atoms with Crippen LogP contribution in [-0.2, 0) is 15.9 Å². The molecular weight excluding hydrogens is 491 g/mol. The van der Waals surface area contributed by atoms with Crippen molar-refractivity contribution in [3.8, 4) is 0 Å². The molecule has 3 atom stereocenters. The van der Waals surface area contributed by atoms with Crippen LogP contribution in [0.25, 0.3) is 0 Å². The third kappa shape index (κ3) is 6.04. The van der Waals surface area contributed by atoms with Gasteiger partial charge in [0, 0.05) is 10.6 Å². The number of ether oxygens (including phenoxy) is 1. The molecule has 0 unspecified atom stereocenters. The van der Waals surface area contributed by atoms with Crippen LogP contribution in [-0.4, -0.2) is 16.9 Å². The van der Waals surface area contributed by atoms with E-state index in [9.17, 15) is 5.11 Å². The summed E-state index contributed by atoms with van der Waals surface area (Å²) in [6, 6.07) is 33.0. The maximum atomic E-state index is 15.5. The zero-order valence-electron chi connectivity index (χ0n) is 21.8. The number of aliphatic hydroxyl groups is 1. The first-order valence-electron chi connectivity index (χ1n) is 13.7. The number of furan rings is 1. The Morgan fingerprint density at radius 2 is 1.37 bits per heavy atom. The SMILES string of the molecule is O=P(c1ccccc1)(c1ccccc1)[C@@H](C[C@@H](OCc1ccccc1)C1CCCCC1)[C@@H](O)c1ccco1. The number of rotatable bonds is 11. The molecule has 4 aromatic rings. The van der Waals surface area contributed by atoms with E-state index in [2.05, 4.69) is 12.1 Å². The van der Waals surface area contributed by atoms with Crippen LogP contribution < -0.4 is 10.6 Å². The summed E-state index contributed by atoms with van der Waals surface area (Å²) < 4.78 is 27.8. The van der Waals surface area contributed by atoms with Gasteiger partial charge in [0.2, 0.25) is 0 Å². The van der Waals surface area contributed by atoms with Gasteiger partial charge in [0.25, 0.3) is 0 Å². The van der Waals surface area contributed by atoms with Crippen LogP contribution in [0.5, 0.6) is 0 Å². The van der Waals surface area contributed by atoms with E-state index in [1.807, 2.05) is 78.9 Å². The Labute approximate surface area is 226 Å². The van der Waals surface area contributed by atoms with E-state index in [4.69, 9.17) is 9.15 Å². The summed E-state index contributed by atoms with van der Waals surface area (Å²) in [6.07, 6.45) is 6.64. The van der Waals surface area contributed by atoms with Gasteiger partial charge in [-0.25, -0.2) is 0 Å². The lowest BCUT2D eigenvalue weighted by molar-refractivity contribution is -0.0230. The van der Waals surface area contributed by atoms with Crippen molar-refractivity contribution in [1.82, 2.24) is 0 Å². The highest BCUT2D eigenvalue weighted by molar-refractivity contribution is 7.79. The van der Waals surface area contributed by atoms with Crippen molar-refractivity contribution in [2.45, 2.75) is 63.0 Å². The van der Waals surface area contributed by atoms with Crippen molar-refractivity contribution in [2.24, 2.45) is 5.92 Å². The lowest BCUT2D eigenvalue weighted by Crippen LogP contribution is -2.37. The van der Waals surface area contributed by atoms with Gasteiger partial charge in [-0.2, -0.15) is 0 Å². The summed E-state index contributed by atoms with van der Waals surface area (Å²) in [4.78, 5) is 0. The van der Waals surface area contributed by atoms with Crippen LogP contribution in [0.3, 0.4) is 0 Å². The Kier molecular flexibility index (Phi) is 8.96. The second-order valence-corrected chi connectivity index (χ2v) is 13.3. The van der Waals surface area contributed by atoms with Gasteiger partial charge in [0.15, 0.2) is 0 Å². The number of benzene rings is 3. The fourth-order valence-corrected chi connectivity index (χ4v) is 9.22. The van der Waals surface area contributed by atoms with E-state index >= 15 is 4.57 Å². The molecule has 5 heteroatoms. The van der Waals surface area contributed by atoms with Gasteiger partial charge in [-0.1, -0.05) is 110 Å². The summed E-state index contributed by atoms with van der Waals surface area (Å²) in [5, 5.41) is 13.3. The third-order valence-corrected chi connectivity index (χ3v) is 11.5. The maximum Gasteiger partial charge on any atom is 0.149 e. The van der Waals surface area contributed by atoms with E-state index < -0.39 is 18.9 Å². The molecule has 0 radical (unpaired) electrons. The fourth-order valence-electron chi connectivity index (χ4n) is 5.87. The summed E-state index contributed by atoms with van der Waals surface area (Å²) in [6.45, 7) is 0.493. The summed E-state index contributed by atoms with van der Waals surface area (Å²) in [7, 11) is -3.32. The molecule has 198 valence electrons. The predicted octanol–water partition coefficient (Wildman–Crippen LogP) is 7.25. The van der Waals surface area contributed by atoms with E-state index in [1.165, 1.54) is 19.3 Å². The number of aliphatic hydroxyl groups excluding tert-OH is 1. The average molecular weight is 529 g/mol. The van der Waals surface area contributed by atoms with Gasteiger partial charge in [0.05, 0.1) is 24.6 Å². The van der Waals surface area contributed by atoms with Crippen molar-refractivity contribution in [1.29, 1.82) is 0 Å². The topological polar surface area (TPSA) is 59.7 Å². The molecule has 1 aliphatic carbocycles. The first-order valence-corrected chi connectivity index (χ1v) is 15.5. The minimum Gasteiger partial charge on any atom is -0.467 e. The lowest BCUT2D eigenvalue weighted by atomic mass is 9.83. The molecule has 1 N–H and O–H groups in total. The van der Waals surface area contributed by atoms with Gasteiger partial charge in [-0.05, 0) is 42.9 Å². The van der Waals surface area contributed by atoms with Crippen LogP contribution in [0.15, 0.2) is 114 Å². The van der Waals surface area contributed by atoms with Crippen LogP contribution in [0, 0.1) is 5.92 Å². The number of hydrogen-bond acceptors (Lipinski definition) is 4. The molecule has 0 saturated heterocycles. The highest BCUT2D eigenvalue weighted by atomic mass is 31.2. The molecule has 0 aliphatic heterocycles. The van der Waals surface area contributed by atoms with Gasteiger partial charge >= 0.3 is 0 Å². The lowest BCUT2D eigenvalue weighted by Gasteiger charge is -2.37. The fraction of sp³-hybridized carbons (Fsp3) is 0.333. The zero-order valence-corrected chi connectivity index (χ0v) is 22.7. The molecule has 5 rings (SSSR count). The van der Waals surface area contributed by atoms with Crippen LogP contribution in [0.4, 0.5) is 0 Å². The molecule has 0 bridgehead atoms. The third-order valence-electron chi connectivity index (χ3n) is 7.90. The molecule has 1 fully saturated rings. The smallest absolute Gasteiger partial charge is 0.149 e. The molecule has 1 saturated carbocycles. The van der Waals surface area contributed by atoms with Crippen molar-refractivity contribution >= 4 is 17.8 Å². The minimum absolute atomic E-state index is 0.133. The molecule has 38 heavy (non-hydrogen) atoms. The number of hydrogen-bond donors (Lipinski definition) is 1. The van der Waals surface area contributed by atoms with E-state index in [1.54, 1.807) is 18.4 Å². The monoisotopic (exact) mass is 528 g/mol. The highest BCUT2D eigenvalue weighted by Crippen LogP contribution is 2.55. The van der Waals surface area contributed by atoms with Crippen molar-refractivity contribution in [3.05, 3.63) is 121 Å². The molecule has 3 aromatic carbocycles. The van der Waals surface area contributed by atoms with E-state index in [0.29, 0.717) is 24.7 Å². The molecule has 1 heterocycles. The maximum absolute atomic E-state index is 15.5. The normalized spacial score (nSPS) is 17.1. The van der Waals surface area contributed by atoms with Crippen LogP contribution in [0.1, 0.15) is 56.0 Å². The Hall–Kier alpha value is -2.91. The molecule has 0 amide bonds. The largest absolute Gasteiger partial charge is 0.467 e. The second-order valence-electron chi connectivity index (χ2n) is 10.3.